The number of amides is 1. The third-order valence-corrected chi connectivity index (χ3v) is 4.65. The lowest BCUT2D eigenvalue weighted by Crippen LogP contribution is -2.26. The molecule has 2 aromatic rings. The van der Waals surface area contributed by atoms with Gasteiger partial charge in [0.15, 0.2) is 5.13 Å². The van der Waals surface area contributed by atoms with Crippen LogP contribution in [0.15, 0.2) is 28.7 Å². The number of carbonyl (C=O) groups excluding carboxylic acids is 1. The van der Waals surface area contributed by atoms with Gasteiger partial charge in [0.2, 0.25) is 0 Å². The number of aromatic nitrogens is 1. The summed E-state index contributed by atoms with van der Waals surface area (Å²) in [4.78, 5) is 20.6. The van der Waals surface area contributed by atoms with Crippen LogP contribution in [-0.2, 0) is 6.54 Å². The molecule has 0 atom stereocenters. The molecule has 0 spiro atoms. The van der Waals surface area contributed by atoms with Crippen LogP contribution < -0.4 is 10.6 Å². The monoisotopic (exact) mass is 368 g/mol. The number of carbonyl (C=O) groups is 1. The first-order chi connectivity index (χ1) is 9.88. The molecular formula is C14H17BrN4OS. The molecule has 0 aliphatic heterocycles. The predicted molar refractivity (Wildman–Crippen MR) is 90.8 cm³/mol. The van der Waals surface area contributed by atoms with Gasteiger partial charge in [-0.2, -0.15) is 0 Å². The Hall–Kier alpha value is -1.60. The third-order valence-electron chi connectivity index (χ3n) is 2.90. The molecule has 0 aliphatic carbocycles. The van der Waals surface area contributed by atoms with E-state index >= 15 is 0 Å². The summed E-state index contributed by atoms with van der Waals surface area (Å²) >= 11 is 4.70. The number of hydrogen-bond acceptors (Lipinski definition) is 5. The van der Waals surface area contributed by atoms with Crippen molar-refractivity contribution in [3.63, 3.8) is 0 Å². The van der Waals surface area contributed by atoms with Crippen molar-refractivity contribution in [1.82, 2.24) is 9.88 Å². The van der Waals surface area contributed by atoms with E-state index in [-0.39, 0.29) is 11.7 Å². The Balaban J connectivity index is 2.13. The maximum absolute atomic E-state index is 12.5. The summed E-state index contributed by atoms with van der Waals surface area (Å²) in [5.41, 5.74) is 6.91. The van der Waals surface area contributed by atoms with Crippen molar-refractivity contribution < 1.29 is 4.79 Å². The maximum atomic E-state index is 12.5. The number of benzene rings is 1. The number of nitrogens with two attached hydrogens (primary N) is 1. The van der Waals surface area contributed by atoms with E-state index in [0.717, 1.165) is 15.2 Å². The minimum Gasteiger partial charge on any atom is -0.382 e. The maximum Gasteiger partial charge on any atom is 0.267 e. The molecule has 1 aromatic heterocycles. The molecule has 112 valence electrons. The van der Waals surface area contributed by atoms with Crippen molar-refractivity contribution in [3.8, 4) is 0 Å². The van der Waals surface area contributed by atoms with Gasteiger partial charge in [0, 0.05) is 32.2 Å². The SMILES string of the molecule is CN(Cc1ccc(Br)cc1)C(=O)c1sc(N(C)C)nc1N. The fourth-order valence-electron chi connectivity index (χ4n) is 1.77. The first kappa shape index (κ1) is 15.8. The Morgan fingerprint density at radius 2 is 1.90 bits per heavy atom. The van der Waals surface area contributed by atoms with Gasteiger partial charge in [-0.1, -0.05) is 39.4 Å². The van der Waals surface area contributed by atoms with E-state index in [0.29, 0.717) is 11.4 Å². The lowest BCUT2D eigenvalue weighted by molar-refractivity contribution is 0.0790. The Bertz CT molecular complexity index is 639. The Labute approximate surface area is 136 Å². The molecule has 0 radical (unpaired) electrons. The molecule has 7 heteroatoms. The summed E-state index contributed by atoms with van der Waals surface area (Å²) in [6, 6.07) is 7.88. The van der Waals surface area contributed by atoms with Crippen LogP contribution >= 0.6 is 27.3 Å². The number of thiazole rings is 1. The largest absolute Gasteiger partial charge is 0.382 e. The van der Waals surface area contributed by atoms with Gasteiger partial charge in [-0.15, -0.1) is 0 Å². The summed E-state index contributed by atoms with van der Waals surface area (Å²) in [5.74, 6) is 0.178. The lowest BCUT2D eigenvalue weighted by Gasteiger charge is -2.16. The molecule has 1 amide bonds. The summed E-state index contributed by atoms with van der Waals surface area (Å²) in [5, 5.41) is 0.730. The van der Waals surface area contributed by atoms with Gasteiger partial charge in [-0.3, -0.25) is 4.79 Å². The highest BCUT2D eigenvalue weighted by molar-refractivity contribution is 9.10. The molecule has 0 bridgehead atoms. The molecule has 2 N–H and O–H groups in total. The fraction of sp³-hybridized carbons (Fsp3) is 0.286. The Morgan fingerprint density at radius 1 is 1.29 bits per heavy atom. The number of halogens is 1. The third kappa shape index (κ3) is 3.74. The summed E-state index contributed by atoms with van der Waals surface area (Å²) in [6.07, 6.45) is 0. The number of hydrogen-bond donors (Lipinski definition) is 1. The van der Waals surface area contributed by atoms with Crippen LogP contribution in [-0.4, -0.2) is 36.9 Å². The van der Waals surface area contributed by atoms with Gasteiger partial charge in [-0.05, 0) is 17.7 Å². The quantitative estimate of drug-likeness (QED) is 0.900. The standard InChI is InChI=1S/C14H17BrN4OS/c1-18(2)14-17-12(16)11(21-14)13(20)19(3)8-9-4-6-10(15)7-5-9/h4-7H,8,16H2,1-3H3. The Kier molecular flexibility index (Phi) is 4.84. The van der Waals surface area contributed by atoms with Crippen LogP contribution in [0.2, 0.25) is 0 Å². The average Bonchev–Trinajstić information content (AvgIpc) is 2.82. The van der Waals surface area contributed by atoms with Crippen LogP contribution in [0, 0.1) is 0 Å². The van der Waals surface area contributed by atoms with Gasteiger partial charge >= 0.3 is 0 Å². The van der Waals surface area contributed by atoms with E-state index in [2.05, 4.69) is 20.9 Å². The van der Waals surface area contributed by atoms with Crippen molar-refractivity contribution >= 4 is 44.1 Å². The fourth-order valence-corrected chi connectivity index (χ4v) is 2.94. The highest BCUT2D eigenvalue weighted by atomic mass is 79.9. The summed E-state index contributed by atoms with van der Waals surface area (Å²) in [7, 11) is 5.51. The van der Waals surface area contributed by atoms with Gasteiger partial charge in [0.25, 0.3) is 5.91 Å². The number of nitrogen functional groups attached to an aromatic ring is 1. The molecular weight excluding hydrogens is 352 g/mol. The van der Waals surface area contributed by atoms with Crippen molar-refractivity contribution in [2.45, 2.75) is 6.54 Å². The van der Waals surface area contributed by atoms with Crippen LogP contribution in [0.4, 0.5) is 10.9 Å². The second-order valence-corrected chi connectivity index (χ2v) is 6.79. The van der Waals surface area contributed by atoms with Gasteiger partial charge < -0.3 is 15.5 Å². The van der Waals surface area contributed by atoms with Crippen LogP contribution in [0.25, 0.3) is 0 Å². The van der Waals surface area contributed by atoms with Gasteiger partial charge in [0.05, 0.1) is 0 Å². The van der Waals surface area contributed by atoms with Gasteiger partial charge in [0.1, 0.15) is 10.7 Å². The summed E-state index contributed by atoms with van der Waals surface area (Å²) < 4.78 is 1.02. The molecule has 0 aliphatic rings. The zero-order valence-corrected chi connectivity index (χ0v) is 14.5. The molecule has 2 rings (SSSR count). The minimum absolute atomic E-state index is 0.110. The molecule has 0 fully saturated rings. The normalized spacial score (nSPS) is 10.5. The molecule has 1 aromatic carbocycles. The molecule has 0 saturated carbocycles. The number of rotatable bonds is 4. The van der Waals surface area contributed by atoms with Crippen molar-refractivity contribution in [2.24, 2.45) is 0 Å². The Morgan fingerprint density at radius 3 is 2.43 bits per heavy atom. The van der Waals surface area contributed by atoms with E-state index in [1.54, 1.807) is 11.9 Å². The molecule has 0 unspecified atom stereocenters. The van der Waals surface area contributed by atoms with E-state index in [1.165, 1.54) is 11.3 Å². The molecule has 21 heavy (non-hydrogen) atoms. The molecule has 5 nitrogen and oxygen atoms in total. The molecule has 1 heterocycles. The minimum atomic E-state index is -0.110. The lowest BCUT2D eigenvalue weighted by atomic mass is 10.2. The van der Waals surface area contributed by atoms with E-state index in [1.807, 2.05) is 43.3 Å². The smallest absolute Gasteiger partial charge is 0.267 e. The average molecular weight is 369 g/mol. The second-order valence-electron chi connectivity index (χ2n) is 4.89. The van der Waals surface area contributed by atoms with Crippen molar-refractivity contribution in [2.75, 3.05) is 31.8 Å². The highest BCUT2D eigenvalue weighted by Crippen LogP contribution is 2.28. The topological polar surface area (TPSA) is 62.5 Å². The van der Waals surface area contributed by atoms with Crippen molar-refractivity contribution in [1.29, 1.82) is 0 Å². The van der Waals surface area contributed by atoms with E-state index in [9.17, 15) is 4.79 Å². The highest BCUT2D eigenvalue weighted by Gasteiger charge is 2.20. The zero-order valence-electron chi connectivity index (χ0n) is 12.1. The number of nitrogens with zero attached hydrogens (tertiary/aromatic N) is 3. The zero-order chi connectivity index (χ0) is 15.6. The van der Waals surface area contributed by atoms with Crippen LogP contribution in [0.1, 0.15) is 15.2 Å². The summed E-state index contributed by atoms with van der Waals surface area (Å²) in [6.45, 7) is 0.529. The van der Waals surface area contributed by atoms with Gasteiger partial charge in [-0.25, -0.2) is 4.98 Å². The first-order valence-corrected chi connectivity index (χ1v) is 7.93. The van der Waals surface area contributed by atoms with Crippen LogP contribution in [0.5, 0.6) is 0 Å². The first-order valence-electron chi connectivity index (χ1n) is 6.32. The van der Waals surface area contributed by atoms with Crippen molar-refractivity contribution in [3.05, 3.63) is 39.2 Å². The molecule has 0 saturated heterocycles. The predicted octanol–water partition coefficient (Wildman–Crippen LogP) is 2.83. The number of anilines is 2. The van der Waals surface area contributed by atoms with E-state index < -0.39 is 0 Å². The van der Waals surface area contributed by atoms with Crippen LogP contribution in [0.3, 0.4) is 0 Å². The second kappa shape index (κ2) is 6.44. The van der Waals surface area contributed by atoms with E-state index in [4.69, 9.17) is 5.73 Å².